The minimum atomic E-state index is -0.329. The van der Waals surface area contributed by atoms with Gasteiger partial charge in [-0.05, 0) is 48.9 Å². The third-order valence-electron chi connectivity index (χ3n) is 3.77. The van der Waals surface area contributed by atoms with Gasteiger partial charge in [-0.15, -0.1) is 11.8 Å². The molecule has 3 rings (SSSR count). The normalized spacial score (nSPS) is 11.6. The Morgan fingerprint density at radius 1 is 0.923 bits per heavy atom. The number of thioether (sulfide) groups is 1. The Kier molecular flexibility index (Phi) is 6.34. The van der Waals surface area contributed by atoms with Gasteiger partial charge in [-0.25, -0.2) is 0 Å². The number of hydrogen-bond acceptors (Lipinski definition) is 3. The molecule has 1 N–H and O–H groups in total. The molecule has 3 nitrogen and oxygen atoms in total. The first kappa shape index (κ1) is 18.1. The van der Waals surface area contributed by atoms with Crippen LogP contribution in [-0.4, -0.2) is 12.5 Å². The Labute approximate surface area is 158 Å². The monoisotopic (exact) mass is 363 g/mol. The molecule has 0 radical (unpaired) electrons. The lowest BCUT2D eigenvalue weighted by Gasteiger charge is -2.17. The summed E-state index contributed by atoms with van der Waals surface area (Å²) in [6.45, 7) is 2.57. The predicted octanol–water partition coefficient (Wildman–Crippen LogP) is 5.56. The van der Waals surface area contributed by atoms with E-state index in [1.807, 2.05) is 91.9 Å². The summed E-state index contributed by atoms with van der Waals surface area (Å²) in [6.07, 6.45) is 0. The zero-order chi connectivity index (χ0) is 18.2. The van der Waals surface area contributed by atoms with Crippen molar-refractivity contribution in [1.29, 1.82) is 0 Å². The quantitative estimate of drug-likeness (QED) is 0.559. The second-order valence-corrected chi connectivity index (χ2v) is 6.85. The average Bonchev–Trinajstić information content (AvgIpc) is 2.69. The van der Waals surface area contributed by atoms with Crippen molar-refractivity contribution in [2.45, 2.75) is 17.1 Å². The molecule has 3 aromatic rings. The smallest absolute Gasteiger partial charge is 0.242 e. The molecule has 0 saturated heterocycles. The Morgan fingerprint density at radius 2 is 1.54 bits per heavy atom. The summed E-state index contributed by atoms with van der Waals surface area (Å²) in [5.41, 5.74) is 1.73. The minimum absolute atomic E-state index is 0.0470. The number of carbonyl (C=O) groups excluding carboxylic acids is 1. The van der Waals surface area contributed by atoms with Crippen LogP contribution in [0.15, 0.2) is 89.8 Å². The van der Waals surface area contributed by atoms with E-state index in [2.05, 4.69) is 5.32 Å². The van der Waals surface area contributed by atoms with Crippen LogP contribution >= 0.6 is 11.8 Å². The van der Waals surface area contributed by atoms with Crippen LogP contribution in [-0.2, 0) is 4.79 Å². The second-order valence-electron chi connectivity index (χ2n) is 5.67. The van der Waals surface area contributed by atoms with Crippen molar-refractivity contribution in [2.24, 2.45) is 0 Å². The van der Waals surface area contributed by atoms with Gasteiger partial charge in [-0.2, -0.15) is 0 Å². The van der Waals surface area contributed by atoms with Gasteiger partial charge >= 0.3 is 0 Å². The highest BCUT2D eigenvalue weighted by atomic mass is 32.2. The van der Waals surface area contributed by atoms with Gasteiger partial charge in [-0.3, -0.25) is 4.79 Å². The fourth-order valence-electron chi connectivity index (χ4n) is 2.54. The first-order valence-corrected chi connectivity index (χ1v) is 9.44. The average molecular weight is 363 g/mol. The highest BCUT2D eigenvalue weighted by Gasteiger charge is 2.22. The zero-order valence-corrected chi connectivity index (χ0v) is 15.4. The highest BCUT2D eigenvalue weighted by molar-refractivity contribution is 8.00. The van der Waals surface area contributed by atoms with Crippen LogP contribution < -0.4 is 10.1 Å². The number of rotatable bonds is 7. The molecule has 26 heavy (non-hydrogen) atoms. The predicted molar refractivity (Wildman–Crippen MR) is 108 cm³/mol. The highest BCUT2D eigenvalue weighted by Crippen LogP contribution is 2.36. The lowest BCUT2D eigenvalue weighted by Crippen LogP contribution is -2.19. The van der Waals surface area contributed by atoms with Crippen molar-refractivity contribution in [2.75, 3.05) is 11.9 Å². The minimum Gasteiger partial charge on any atom is -0.494 e. The van der Waals surface area contributed by atoms with E-state index in [0.717, 1.165) is 21.9 Å². The molecule has 0 heterocycles. The standard InChI is InChI=1S/C22H21NO2S/c1-2-25-19-15-13-18(14-16-19)23-22(24)21(17-9-5-3-6-10-17)26-20-11-7-4-8-12-20/h3-16,21H,2H2,1H3,(H,23,24). The summed E-state index contributed by atoms with van der Waals surface area (Å²) in [4.78, 5) is 14.0. The first-order valence-electron chi connectivity index (χ1n) is 8.56. The summed E-state index contributed by atoms with van der Waals surface area (Å²) in [5, 5.41) is 2.69. The fraction of sp³-hybridized carbons (Fsp3) is 0.136. The van der Waals surface area contributed by atoms with E-state index in [-0.39, 0.29) is 11.2 Å². The third-order valence-corrected chi connectivity index (χ3v) is 5.04. The van der Waals surface area contributed by atoms with Crippen molar-refractivity contribution < 1.29 is 9.53 Å². The second kappa shape index (κ2) is 9.11. The molecule has 0 fully saturated rings. The number of amides is 1. The molecule has 0 aromatic heterocycles. The summed E-state index contributed by atoms with van der Waals surface area (Å²) >= 11 is 1.54. The Balaban J connectivity index is 1.78. The maximum absolute atomic E-state index is 13.0. The van der Waals surface area contributed by atoms with E-state index in [1.165, 1.54) is 0 Å². The van der Waals surface area contributed by atoms with Crippen molar-refractivity contribution in [1.82, 2.24) is 0 Å². The molecule has 0 saturated carbocycles. The molecular weight excluding hydrogens is 342 g/mol. The number of nitrogens with one attached hydrogen (secondary N) is 1. The lowest BCUT2D eigenvalue weighted by atomic mass is 10.1. The first-order chi connectivity index (χ1) is 12.8. The summed E-state index contributed by atoms with van der Waals surface area (Å²) in [7, 11) is 0. The number of hydrogen-bond donors (Lipinski definition) is 1. The Morgan fingerprint density at radius 3 is 2.15 bits per heavy atom. The van der Waals surface area contributed by atoms with Crippen LogP contribution in [0.2, 0.25) is 0 Å². The van der Waals surface area contributed by atoms with Gasteiger partial charge in [0.1, 0.15) is 11.0 Å². The van der Waals surface area contributed by atoms with Crippen LogP contribution in [0.25, 0.3) is 0 Å². The topological polar surface area (TPSA) is 38.3 Å². The molecule has 132 valence electrons. The summed E-state index contributed by atoms with van der Waals surface area (Å²) in [5.74, 6) is 0.748. The van der Waals surface area contributed by atoms with Gasteiger partial charge in [0, 0.05) is 10.6 Å². The Bertz CT molecular complexity index is 820. The van der Waals surface area contributed by atoms with Gasteiger partial charge in [0.05, 0.1) is 6.61 Å². The third kappa shape index (κ3) is 4.90. The maximum atomic E-state index is 13.0. The van der Waals surface area contributed by atoms with Gasteiger partial charge in [0.25, 0.3) is 0 Å². The van der Waals surface area contributed by atoms with Crippen molar-refractivity contribution in [3.63, 3.8) is 0 Å². The molecular formula is C22H21NO2S. The van der Waals surface area contributed by atoms with Gasteiger partial charge in [0.2, 0.25) is 5.91 Å². The zero-order valence-electron chi connectivity index (χ0n) is 14.6. The largest absolute Gasteiger partial charge is 0.494 e. The van der Waals surface area contributed by atoms with Crippen LogP contribution in [0.1, 0.15) is 17.7 Å². The van der Waals surface area contributed by atoms with Crippen molar-refractivity contribution in [3.05, 3.63) is 90.5 Å². The maximum Gasteiger partial charge on any atom is 0.242 e. The summed E-state index contributed by atoms with van der Waals surface area (Å²) in [6, 6.07) is 27.3. The van der Waals surface area contributed by atoms with Crippen molar-refractivity contribution in [3.8, 4) is 5.75 Å². The van der Waals surface area contributed by atoms with Gasteiger partial charge < -0.3 is 10.1 Å². The van der Waals surface area contributed by atoms with E-state index >= 15 is 0 Å². The molecule has 4 heteroatoms. The van der Waals surface area contributed by atoms with Crippen LogP contribution in [0.3, 0.4) is 0 Å². The molecule has 0 bridgehead atoms. The number of benzene rings is 3. The fourth-order valence-corrected chi connectivity index (χ4v) is 3.59. The van der Waals surface area contributed by atoms with Gasteiger partial charge in [-0.1, -0.05) is 48.5 Å². The Hall–Kier alpha value is -2.72. The van der Waals surface area contributed by atoms with E-state index in [0.29, 0.717) is 6.61 Å². The lowest BCUT2D eigenvalue weighted by molar-refractivity contribution is -0.115. The number of carbonyl (C=O) groups is 1. The van der Waals surface area contributed by atoms with E-state index < -0.39 is 0 Å². The molecule has 1 amide bonds. The van der Waals surface area contributed by atoms with E-state index in [4.69, 9.17) is 4.74 Å². The number of anilines is 1. The molecule has 0 spiro atoms. The van der Waals surface area contributed by atoms with E-state index in [9.17, 15) is 4.79 Å². The summed E-state index contributed by atoms with van der Waals surface area (Å²) < 4.78 is 5.44. The van der Waals surface area contributed by atoms with Crippen LogP contribution in [0.5, 0.6) is 5.75 Å². The SMILES string of the molecule is CCOc1ccc(NC(=O)C(Sc2ccccc2)c2ccccc2)cc1. The van der Waals surface area contributed by atoms with Crippen molar-refractivity contribution >= 4 is 23.4 Å². The number of ether oxygens (including phenoxy) is 1. The molecule has 3 aromatic carbocycles. The van der Waals surface area contributed by atoms with E-state index in [1.54, 1.807) is 11.8 Å². The van der Waals surface area contributed by atoms with Crippen LogP contribution in [0.4, 0.5) is 5.69 Å². The van der Waals surface area contributed by atoms with Crippen LogP contribution in [0, 0.1) is 0 Å². The molecule has 0 aliphatic heterocycles. The molecule has 0 aliphatic rings. The van der Waals surface area contributed by atoms with Gasteiger partial charge in [0.15, 0.2) is 0 Å². The molecule has 1 unspecified atom stereocenters. The molecule has 1 atom stereocenters. The molecule has 0 aliphatic carbocycles.